The van der Waals surface area contributed by atoms with Crippen molar-refractivity contribution in [3.63, 3.8) is 0 Å². The molecule has 0 aliphatic carbocycles. The number of hydrogen-bond acceptors (Lipinski definition) is 4. The van der Waals surface area contributed by atoms with Gasteiger partial charge in [0, 0.05) is 0 Å². The van der Waals surface area contributed by atoms with Crippen LogP contribution in [0.25, 0.3) is 0 Å². The van der Waals surface area contributed by atoms with Crippen LogP contribution < -0.4 is 0 Å². The first-order valence-corrected chi connectivity index (χ1v) is 5.78. The van der Waals surface area contributed by atoms with Crippen molar-refractivity contribution in [3.05, 3.63) is 0 Å². The monoisotopic (exact) mass is 168 g/mol. The number of Topliss-reactive ketones (excluding diaryl/α,β-unsaturated/α-hetero) is 1. The molecule has 10 heavy (non-hydrogen) atoms. The summed E-state index contributed by atoms with van der Waals surface area (Å²) in [7, 11) is -3.89. The molecular weight excluding hydrogens is 155 g/mol. The van der Waals surface area contributed by atoms with E-state index >= 15 is 0 Å². The van der Waals surface area contributed by atoms with Gasteiger partial charge in [-0.1, -0.05) is 0 Å². The summed E-state index contributed by atoms with van der Waals surface area (Å²) in [6.07, 6.45) is 0. The minimum absolute atomic E-state index is 0.221. The van der Waals surface area contributed by atoms with Crippen LogP contribution in [-0.4, -0.2) is 35.5 Å². The Bertz CT molecular complexity index is 136. The molecule has 0 unspecified atom stereocenters. The van der Waals surface area contributed by atoms with E-state index in [4.69, 9.17) is 9.79 Å². The van der Waals surface area contributed by atoms with E-state index in [1.165, 1.54) is 20.3 Å². The molecule has 0 spiro atoms. The SMILES string of the molecule is CC(=O)COP(C)(C)(O)O. The van der Waals surface area contributed by atoms with E-state index in [1.807, 2.05) is 0 Å². The van der Waals surface area contributed by atoms with Crippen LogP contribution in [0.5, 0.6) is 0 Å². The molecule has 0 amide bonds. The molecule has 0 heterocycles. The maximum absolute atomic E-state index is 10.3. The van der Waals surface area contributed by atoms with Gasteiger partial charge in [-0.3, -0.25) is 0 Å². The maximum atomic E-state index is 10.3. The summed E-state index contributed by atoms with van der Waals surface area (Å²) in [5, 5.41) is 0. The Morgan fingerprint density at radius 3 is 2.00 bits per heavy atom. The van der Waals surface area contributed by atoms with Crippen molar-refractivity contribution in [2.75, 3.05) is 19.9 Å². The molecule has 0 atom stereocenters. The van der Waals surface area contributed by atoms with Gasteiger partial charge in [-0.15, -0.1) is 0 Å². The van der Waals surface area contributed by atoms with Gasteiger partial charge in [0.25, 0.3) is 0 Å². The Hall–Kier alpha value is -0.0200. The van der Waals surface area contributed by atoms with Crippen molar-refractivity contribution in [1.29, 1.82) is 0 Å². The average molecular weight is 168 g/mol. The van der Waals surface area contributed by atoms with Crippen LogP contribution >= 0.6 is 7.28 Å². The van der Waals surface area contributed by atoms with E-state index in [0.717, 1.165) is 0 Å². The first-order valence-electron chi connectivity index (χ1n) is 2.82. The average Bonchev–Trinajstić information content (AvgIpc) is 1.57. The van der Waals surface area contributed by atoms with Gasteiger partial charge in [-0.05, 0) is 0 Å². The minimum atomic E-state index is -3.89. The van der Waals surface area contributed by atoms with Gasteiger partial charge in [0.05, 0.1) is 0 Å². The number of ketones is 1. The molecule has 5 heteroatoms. The van der Waals surface area contributed by atoms with Crippen LogP contribution in [0.3, 0.4) is 0 Å². The number of rotatable bonds is 3. The first-order chi connectivity index (χ1) is 4.17. The van der Waals surface area contributed by atoms with Crippen LogP contribution in [0, 0.1) is 0 Å². The third-order valence-corrected chi connectivity index (χ3v) is 1.52. The van der Waals surface area contributed by atoms with Crippen molar-refractivity contribution in [1.82, 2.24) is 0 Å². The zero-order valence-electron chi connectivity index (χ0n) is 6.37. The predicted octanol–water partition coefficient (Wildman–Crippen LogP) is 0.134. The van der Waals surface area contributed by atoms with Crippen LogP contribution in [0.1, 0.15) is 6.92 Å². The third kappa shape index (κ3) is 7.98. The Labute approximate surface area is 60.0 Å². The number of carbonyl (C=O) groups is 1. The normalized spacial score (nSPS) is 15.9. The quantitative estimate of drug-likeness (QED) is 0.588. The zero-order chi connectivity index (χ0) is 8.44. The molecule has 62 valence electrons. The van der Waals surface area contributed by atoms with Crippen molar-refractivity contribution in [2.24, 2.45) is 0 Å². The Balaban J connectivity index is 3.81. The van der Waals surface area contributed by atoms with Gasteiger partial charge in [-0.25, -0.2) is 0 Å². The molecule has 4 nitrogen and oxygen atoms in total. The summed E-state index contributed by atoms with van der Waals surface area (Å²) in [5.41, 5.74) is 0. The Kier molecular flexibility index (Phi) is 2.54. The molecule has 2 N–H and O–H groups in total. The molecule has 0 aromatic carbocycles. The molecule has 0 saturated heterocycles. The summed E-state index contributed by atoms with van der Waals surface area (Å²) in [6.45, 7) is 3.46. The molecule has 0 saturated carbocycles. The molecule has 0 aromatic heterocycles. The van der Waals surface area contributed by atoms with Gasteiger partial charge in [0.15, 0.2) is 0 Å². The second kappa shape index (κ2) is 2.55. The molecule has 0 fully saturated rings. The summed E-state index contributed by atoms with van der Waals surface area (Å²) in [5.74, 6) is -0.221. The fourth-order valence-electron chi connectivity index (χ4n) is 0.278. The van der Waals surface area contributed by atoms with E-state index in [9.17, 15) is 4.79 Å². The zero-order valence-corrected chi connectivity index (χ0v) is 7.26. The van der Waals surface area contributed by atoms with E-state index in [-0.39, 0.29) is 12.4 Å². The van der Waals surface area contributed by atoms with Gasteiger partial charge in [0.2, 0.25) is 0 Å². The summed E-state index contributed by atoms with van der Waals surface area (Å²) in [4.78, 5) is 28.4. The van der Waals surface area contributed by atoms with Crippen LogP contribution in [0.2, 0.25) is 0 Å². The first kappa shape index (κ1) is 9.98. The fraction of sp³-hybridized carbons (Fsp3) is 0.800. The van der Waals surface area contributed by atoms with Crippen molar-refractivity contribution in [2.45, 2.75) is 6.92 Å². The van der Waals surface area contributed by atoms with Crippen molar-refractivity contribution < 1.29 is 19.1 Å². The molecule has 0 bridgehead atoms. The molecule has 0 aliphatic rings. The molecule has 0 radical (unpaired) electrons. The second-order valence-corrected chi connectivity index (χ2v) is 6.83. The Morgan fingerprint density at radius 1 is 1.50 bits per heavy atom. The summed E-state index contributed by atoms with van der Waals surface area (Å²) >= 11 is 0. The van der Waals surface area contributed by atoms with Crippen molar-refractivity contribution >= 4 is 13.1 Å². The summed E-state index contributed by atoms with van der Waals surface area (Å²) < 4.78 is 4.57. The molecular formula is C5H13O4P. The van der Waals surface area contributed by atoms with Crippen LogP contribution in [-0.2, 0) is 9.32 Å². The second-order valence-electron chi connectivity index (χ2n) is 2.84. The van der Waals surface area contributed by atoms with Gasteiger partial charge < -0.3 is 0 Å². The van der Waals surface area contributed by atoms with E-state index in [2.05, 4.69) is 4.52 Å². The van der Waals surface area contributed by atoms with Gasteiger partial charge >= 0.3 is 59.0 Å². The topological polar surface area (TPSA) is 66.8 Å². The number of carbonyl (C=O) groups excluding carboxylic acids is 1. The molecule has 0 aromatic rings. The summed E-state index contributed by atoms with van der Waals surface area (Å²) in [6, 6.07) is 0. The van der Waals surface area contributed by atoms with E-state index < -0.39 is 7.28 Å². The standard InChI is InChI=1S/C5H13O4P/c1-5(6)4-9-10(2,3,7)8/h7-8H,4H2,1-3H3. The van der Waals surface area contributed by atoms with E-state index in [1.54, 1.807) is 0 Å². The van der Waals surface area contributed by atoms with Crippen LogP contribution in [0.15, 0.2) is 0 Å². The van der Waals surface area contributed by atoms with Gasteiger partial charge in [-0.2, -0.15) is 0 Å². The molecule has 0 rings (SSSR count). The van der Waals surface area contributed by atoms with E-state index in [0.29, 0.717) is 0 Å². The van der Waals surface area contributed by atoms with Gasteiger partial charge in [0.1, 0.15) is 0 Å². The molecule has 0 aliphatic heterocycles. The predicted molar refractivity (Wildman–Crippen MR) is 39.8 cm³/mol. The fourth-order valence-corrected chi connectivity index (χ4v) is 0.833. The van der Waals surface area contributed by atoms with Crippen molar-refractivity contribution in [3.8, 4) is 0 Å². The third-order valence-electron chi connectivity index (χ3n) is 0.641. The number of hydrogen-bond donors (Lipinski definition) is 2. The Morgan fingerprint density at radius 2 is 1.90 bits per heavy atom. The van der Waals surface area contributed by atoms with Crippen LogP contribution in [0.4, 0.5) is 0 Å².